The highest BCUT2D eigenvalue weighted by Gasteiger charge is 2.13. The molecule has 0 atom stereocenters. The summed E-state index contributed by atoms with van der Waals surface area (Å²) < 4.78 is 37.4. The number of benzene rings is 2. The number of ether oxygens (including phenoxy) is 2. The Morgan fingerprint density at radius 3 is 2.75 bits per heavy atom. The SMILES string of the molecule is Fc1cc2ncnc(NCCc3ccc4c(c3)OCO4)c2cc1F. The second-order valence-electron chi connectivity index (χ2n) is 5.37. The number of aromatic nitrogens is 2. The average molecular weight is 329 g/mol. The van der Waals surface area contributed by atoms with Gasteiger partial charge in [0.1, 0.15) is 12.1 Å². The van der Waals surface area contributed by atoms with E-state index >= 15 is 0 Å². The number of hydrogen-bond donors (Lipinski definition) is 1. The van der Waals surface area contributed by atoms with Gasteiger partial charge in [0.15, 0.2) is 23.1 Å². The number of nitrogens with zero attached hydrogens (tertiary/aromatic N) is 2. The van der Waals surface area contributed by atoms with Crippen molar-refractivity contribution in [1.29, 1.82) is 0 Å². The summed E-state index contributed by atoms with van der Waals surface area (Å²) in [6.07, 6.45) is 2.04. The van der Waals surface area contributed by atoms with Gasteiger partial charge in [-0.25, -0.2) is 18.7 Å². The van der Waals surface area contributed by atoms with Crippen molar-refractivity contribution in [2.75, 3.05) is 18.7 Å². The first-order valence-electron chi connectivity index (χ1n) is 7.43. The van der Waals surface area contributed by atoms with E-state index in [-0.39, 0.29) is 6.79 Å². The molecule has 4 rings (SSSR count). The molecular formula is C17H13F2N3O2. The van der Waals surface area contributed by atoms with E-state index < -0.39 is 11.6 Å². The Hall–Kier alpha value is -2.96. The Balaban J connectivity index is 1.50. The third-order valence-electron chi connectivity index (χ3n) is 3.82. The molecule has 0 fully saturated rings. The first-order valence-corrected chi connectivity index (χ1v) is 7.43. The quantitative estimate of drug-likeness (QED) is 0.796. The van der Waals surface area contributed by atoms with Crippen LogP contribution in [0.4, 0.5) is 14.6 Å². The zero-order chi connectivity index (χ0) is 16.5. The van der Waals surface area contributed by atoms with Crippen molar-refractivity contribution in [2.45, 2.75) is 6.42 Å². The Morgan fingerprint density at radius 1 is 1.00 bits per heavy atom. The lowest BCUT2D eigenvalue weighted by molar-refractivity contribution is 0.174. The highest BCUT2D eigenvalue weighted by molar-refractivity contribution is 5.88. The molecule has 0 spiro atoms. The van der Waals surface area contributed by atoms with Crippen LogP contribution in [0.1, 0.15) is 5.56 Å². The smallest absolute Gasteiger partial charge is 0.231 e. The minimum atomic E-state index is -0.924. The molecule has 122 valence electrons. The monoisotopic (exact) mass is 329 g/mol. The van der Waals surface area contributed by atoms with E-state index in [9.17, 15) is 8.78 Å². The van der Waals surface area contributed by atoms with Crippen molar-refractivity contribution in [2.24, 2.45) is 0 Å². The van der Waals surface area contributed by atoms with Gasteiger partial charge in [0.2, 0.25) is 6.79 Å². The summed E-state index contributed by atoms with van der Waals surface area (Å²) in [5.41, 5.74) is 1.43. The predicted octanol–water partition coefficient (Wildman–Crippen LogP) is 3.29. The minimum Gasteiger partial charge on any atom is -0.454 e. The number of anilines is 1. The highest BCUT2D eigenvalue weighted by Crippen LogP contribution is 2.32. The van der Waals surface area contributed by atoms with E-state index in [1.54, 1.807) is 0 Å². The lowest BCUT2D eigenvalue weighted by atomic mass is 10.1. The predicted molar refractivity (Wildman–Crippen MR) is 84.2 cm³/mol. The van der Waals surface area contributed by atoms with Gasteiger partial charge in [-0.05, 0) is 30.2 Å². The van der Waals surface area contributed by atoms with E-state index in [1.165, 1.54) is 6.33 Å². The van der Waals surface area contributed by atoms with Crippen LogP contribution in [0.5, 0.6) is 11.5 Å². The molecular weight excluding hydrogens is 316 g/mol. The van der Waals surface area contributed by atoms with Gasteiger partial charge < -0.3 is 14.8 Å². The zero-order valence-corrected chi connectivity index (χ0v) is 12.6. The third-order valence-corrected chi connectivity index (χ3v) is 3.82. The maximum atomic E-state index is 13.5. The molecule has 24 heavy (non-hydrogen) atoms. The van der Waals surface area contributed by atoms with Gasteiger partial charge in [-0.1, -0.05) is 6.07 Å². The molecule has 0 bridgehead atoms. The largest absolute Gasteiger partial charge is 0.454 e. The minimum absolute atomic E-state index is 0.242. The van der Waals surface area contributed by atoms with Crippen molar-refractivity contribution in [3.05, 3.63) is 53.9 Å². The molecule has 0 saturated carbocycles. The number of hydrogen-bond acceptors (Lipinski definition) is 5. The van der Waals surface area contributed by atoms with Gasteiger partial charge in [-0.2, -0.15) is 0 Å². The topological polar surface area (TPSA) is 56.3 Å². The van der Waals surface area contributed by atoms with Crippen molar-refractivity contribution in [1.82, 2.24) is 9.97 Å². The number of nitrogens with one attached hydrogen (secondary N) is 1. The molecule has 1 aliphatic heterocycles. The zero-order valence-electron chi connectivity index (χ0n) is 12.6. The van der Waals surface area contributed by atoms with Gasteiger partial charge in [-0.3, -0.25) is 0 Å². The molecule has 3 aromatic rings. The standard InChI is InChI=1S/C17H13F2N3O2/c18-12-6-11-14(7-13(12)19)21-8-22-17(11)20-4-3-10-1-2-15-16(5-10)24-9-23-15/h1-2,5-8H,3-4,9H2,(H,20,21,22). The maximum absolute atomic E-state index is 13.5. The van der Waals surface area contributed by atoms with Crippen LogP contribution < -0.4 is 14.8 Å². The van der Waals surface area contributed by atoms with Crippen LogP contribution in [0.2, 0.25) is 0 Å². The lowest BCUT2D eigenvalue weighted by Crippen LogP contribution is -2.07. The Bertz CT molecular complexity index is 918. The van der Waals surface area contributed by atoms with Gasteiger partial charge in [0.05, 0.1) is 5.52 Å². The first kappa shape index (κ1) is 14.6. The van der Waals surface area contributed by atoms with Crippen LogP contribution in [0.25, 0.3) is 10.9 Å². The summed E-state index contributed by atoms with van der Waals surface area (Å²) in [6, 6.07) is 7.93. The molecule has 7 heteroatoms. The molecule has 0 aliphatic carbocycles. The summed E-state index contributed by atoms with van der Waals surface area (Å²) in [4.78, 5) is 8.07. The molecule has 5 nitrogen and oxygen atoms in total. The van der Waals surface area contributed by atoms with Gasteiger partial charge in [0, 0.05) is 18.0 Å². The van der Waals surface area contributed by atoms with E-state index in [4.69, 9.17) is 9.47 Å². The third kappa shape index (κ3) is 2.68. The van der Waals surface area contributed by atoms with Crippen molar-refractivity contribution in [3.63, 3.8) is 0 Å². The molecule has 0 amide bonds. The highest BCUT2D eigenvalue weighted by atomic mass is 19.2. The van der Waals surface area contributed by atoms with Crippen molar-refractivity contribution >= 4 is 16.7 Å². The van der Waals surface area contributed by atoms with Crippen LogP contribution in [-0.4, -0.2) is 23.3 Å². The van der Waals surface area contributed by atoms with Crippen LogP contribution in [0, 0.1) is 11.6 Å². The van der Waals surface area contributed by atoms with Crippen molar-refractivity contribution in [3.8, 4) is 11.5 Å². The number of fused-ring (bicyclic) bond motifs is 2. The van der Waals surface area contributed by atoms with Crippen LogP contribution >= 0.6 is 0 Å². The molecule has 1 aliphatic rings. The van der Waals surface area contributed by atoms with E-state index in [0.29, 0.717) is 29.7 Å². The molecule has 0 radical (unpaired) electrons. The summed E-state index contributed by atoms with van der Waals surface area (Å²) in [5.74, 6) is 0.104. The Kier molecular flexibility index (Phi) is 3.60. The molecule has 2 heterocycles. The Labute approximate surface area is 136 Å². The fourth-order valence-electron chi connectivity index (χ4n) is 2.61. The molecule has 2 aromatic carbocycles. The van der Waals surface area contributed by atoms with Crippen LogP contribution in [0.3, 0.4) is 0 Å². The summed E-state index contributed by atoms with van der Waals surface area (Å²) in [5, 5.41) is 3.58. The second-order valence-corrected chi connectivity index (χ2v) is 5.37. The van der Waals surface area contributed by atoms with Crippen molar-refractivity contribution < 1.29 is 18.3 Å². The average Bonchev–Trinajstić information content (AvgIpc) is 3.04. The fourth-order valence-corrected chi connectivity index (χ4v) is 2.61. The first-order chi connectivity index (χ1) is 11.7. The number of halogens is 2. The van der Waals surface area contributed by atoms with Gasteiger partial charge in [-0.15, -0.1) is 0 Å². The van der Waals surface area contributed by atoms with E-state index in [0.717, 1.165) is 29.2 Å². The summed E-state index contributed by atoms with van der Waals surface area (Å²) in [6.45, 7) is 0.816. The lowest BCUT2D eigenvalue weighted by Gasteiger charge is -2.09. The molecule has 0 saturated heterocycles. The fraction of sp³-hybridized carbons (Fsp3) is 0.176. The van der Waals surface area contributed by atoms with Gasteiger partial charge in [0.25, 0.3) is 0 Å². The normalized spacial score (nSPS) is 12.6. The van der Waals surface area contributed by atoms with Crippen LogP contribution in [-0.2, 0) is 6.42 Å². The molecule has 1 aromatic heterocycles. The summed E-state index contributed by atoms with van der Waals surface area (Å²) in [7, 11) is 0. The Morgan fingerprint density at radius 2 is 1.83 bits per heavy atom. The maximum Gasteiger partial charge on any atom is 0.231 e. The molecule has 0 unspecified atom stereocenters. The molecule has 1 N–H and O–H groups in total. The second kappa shape index (κ2) is 5.92. The van der Waals surface area contributed by atoms with E-state index in [1.807, 2.05) is 18.2 Å². The summed E-state index contributed by atoms with van der Waals surface area (Å²) >= 11 is 0. The van der Waals surface area contributed by atoms with Crippen LogP contribution in [0.15, 0.2) is 36.7 Å². The number of rotatable bonds is 4. The van der Waals surface area contributed by atoms with Gasteiger partial charge >= 0.3 is 0 Å². The van der Waals surface area contributed by atoms with E-state index in [2.05, 4.69) is 15.3 Å².